The Labute approximate surface area is 143 Å². The maximum atomic E-state index is 4.89. The van der Waals surface area contributed by atoms with Crippen LogP contribution in [0.3, 0.4) is 0 Å². The molecular formula is C20H24N4. The molecule has 1 atom stereocenters. The zero-order chi connectivity index (χ0) is 16.5. The summed E-state index contributed by atoms with van der Waals surface area (Å²) in [5.74, 6) is 0. The van der Waals surface area contributed by atoms with Gasteiger partial charge in [-0.05, 0) is 31.5 Å². The third kappa shape index (κ3) is 2.67. The lowest BCUT2D eigenvalue weighted by Crippen LogP contribution is -2.35. The molecule has 24 heavy (non-hydrogen) atoms. The molecule has 0 aliphatic carbocycles. The molecule has 0 saturated heterocycles. The maximum Gasteiger partial charge on any atom is 0.0896 e. The number of hydrogen-bond acceptors (Lipinski definition) is 3. The van der Waals surface area contributed by atoms with Crippen LogP contribution in [0.5, 0.6) is 0 Å². The predicted octanol–water partition coefficient (Wildman–Crippen LogP) is 3.55. The lowest BCUT2D eigenvalue weighted by atomic mass is 10.1. The Kier molecular flexibility index (Phi) is 3.98. The molecule has 1 aliphatic heterocycles. The van der Waals surface area contributed by atoms with Gasteiger partial charge in [-0.2, -0.15) is 5.10 Å². The molecular weight excluding hydrogens is 296 g/mol. The van der Waals surface area contributed by atoms with Crippen molar-refractivity contribution in [3.8, 4) is 0 Å². The van der Waals surface area contributed by atoms with Gasteiger partial charge >= 0.3 is 0 Å². The Morgan fingerprint density at radius 1 is 1.12 bits per heavy atom. The van der Waals surface area contributed by atoms with Crippen molar-refractivity contribution in [1.82, 2.24) is 15.1 Å². The van der Waals surface area contributed by atoms with E-state index in [2.05, 4.69) is 77.3 Å². The largest absolute Gasteiger partial charge is 0.364 e. The van der Waals surface area contributed by atoms with E-state index in [4.69, 9.17) is 5.10 Å². The van der Waals surface area contributed by atoms with E-state index in [1.165, 1.54) is 22.2 Å². The van der Waals surface area contributed by atoms with Gasteiger partial charge in [-0.1, -0.05) is 36.4 Å². The van der Waals surface area contributed by atoms with Crippen LogP contribution in [0.1, 0.15) is 25.1 Å². The van der Waals surface area contributed by atoms with Crippen molar-refractivity contribution in [2.24, 2.45) is 0 Å². The summed E-state index contributed by atoms with van der Waals surface area (Å²) in [6.45, 7) is 8.06. The van der Waals surface area contributed by atoms with E-state index in [9.17, 15) is 0 Å². The predicted molar refractivity (Wildman–Crippen MR) is 99.2 cm³/mol. The van der Waals surface area contributed by atoms with Crippen molar-refractivity contribution in [3.63, 3.8) is 0 Å². The standard InChI is InChI=1S/C20H24N4/c1-3-24-20-11-7-5-9-17(20)18(22-24)14-23-13-15(2)21-12-16-8-4-6-10-19(16)23/h4-11,15,21H,3,12-14H2,1-2H3. The molecule has 1 unspecified atom stereocenters. The van der Waals surface area contributed by atoms with Crippen molar-refractivity contribution >= 4 is 16.6 Å². The van der Waals surface area contributed by atoms with E-state index in [1.807, 2.05) is 0 Å². The number of nitrogens with zero attached hydrogens (tertiary/aromatic N) is 3. The first-order valence-corrected chi connectivity index (χ1v) is 8.77. The Balaban J connectivity index is 1.75. The van der Waals surface area contributed by atoms with Crippen LogP contribution in [0.25, 0.3) is 10.9 Å². The molecule has 0 amide bonds. The van der Waals surface area contributed by atoms with Gasteiger partial charge in [0.2, 0.25) is 0 Å². The number of rotatable bonds is 3. The zero-order valence-corrected chi connectivity index (χ0v) is 14.4. The molecule has 1 aliphatic rings. The summed E-state index contributed by atoms with van der Waals surface area (Å²) in [7, 11) is 0. The molecule has 0 radical (unpaired) electrons. The third-order valence-corrected chi connectivity index (χ3v) is 4.84. The first-order chi connectivity index (χ1) is 11.8. The minimum Gasteiger partial charge on any atom is -0.364 e. The molecule has 3 aromatic rings. The van der Waals surface area contributed by atoms with E-state index >= 15 is 0 Å². The molecule has 0 saturated carbocycles. The van der Waals surface area contributed by atoms with Crippen molar-refractivity contribution in [3.05, 3.63) is 59.8 Å². The number of anilines is 1. The van der Waals surface area contributed by atoms with Crippen molar-refractivity contribution in [2.75, 3.05) is 11.4 Å². The highest BCUT2D eigenvalue weighted by atomic mass is 15.3. The summed E-state index contributed by atoms with van der Waals surface area (Å²) in [5, 5.41) is 9.75. The van der Waals surface area contributed by atoms with Gasteiger partial charge in [0, 0.05) is 36.7 Å². The smallest absolute Gasteiger partial charge is 0.0896 e. The molecule has 0 spiro atoms. The second kappa shape index (κ2) is 6.29. The quantitative estimate of drug-likeness (QED) is 0.801. The highest BCUT2D eigenvalue weighted by Crippen LogP contribution is 2.27. The Morgan fingerprint density at radius 2 is 1.92 bits per heavy atom. The van der Waals surface area contributed by atoms with Crippen molar-refractivity contribution < 1.29 is 0 Å². The van der Waals surface area contributed by atoms with Crippen LogP contribution in [0.2, 0.25) is 0 Å². The topological polar surface area (TPSA) is 33.1 Å². The van der Waals surface area contributed by atoms with Gasteiger partial charge < -0.3 is 10.2 Å². The average Bonchev–Trinajstić information content (AvgIpc) is 2.89. The first-order valence-electron chi connectivity index (χ1n) is 8.77. The number of para-hydroxylation sites is 2. The highest BCUT2D eigenvalue weighted by molar-refractivity contribution is 5.82. The Hall–Kier alpha value is -2.33. The Bertz CT molecular complexity index is 852. The molecule has 4 rings (SSSR count). The minimum absolute atomic E-state index is 0.455. The number of hydrogen-bond donors (Lipinski definition) is 1. The summed E-state index contributed by atoms with van der Waals surface area (Å²) in [4.78, 5) is 2.47. The van der Waals surface area contributed by atoms with E-state index in [0.29, 0.717) is 6.04 Å². The molecule has 1 N–H and O–H groups in total. The molecule has 0 bridgehead atoms. The number of nitrogens with one attached hydrogen (secondary N) is 1. The van der Waals surface area contributed by atoms with E-state index in [-0.39, 0.29) is 0 Å². The fourth-order valence-corrected chi connectivity index (χ4v) is 3.63. The van der Waals surface area contributed by atoms with Crippen LogP contribution >= 0.6 is 0 Å². The van der Waals surface area contributed by atoms with Gasteiger partial charge in [0.15, 0.2) is 0 Å². The van der Waals surface area contributed by atoms with Gasteiger partial charge in [0.1, 0.15) is 0 Å². The van der Waals surface area contributed by atoms with Gasteiger partial charge in [0.05, 0.1) is 17.8 Å². The number of aromatic nitrogens is 2. The second-order valence-corrected chi connectivity index (χ2v) is 6.57. The van der Waals surface area contributed by atoms with Crippen LogP contribution in [-0.4, -0.2) is 22.4 Å². The van der Waals surface area contributed by atoms with Crippen LogP contribution in [0, 0.1) is 0 Å². The zero-order valence-electron chi connectivity index (χ0n) is 14.4. The molecule has 4 heteroatoms. The summed E-state index contributed by atoms with van der Waals surface area (Å²) in [6.07, 6.45) is 0. The van der Waals surface area contributed by atoms with E-state index in [0.717, 1.165) is 31.9 Å². The lowest BCUT2D eigenvalue weighted by Gasteiger charge is -2.25. The summed E-state index contributed by atoms with van der Waals surface area (Å²) in [6, 6.07) is 17.7. The first kappa shape index (κ1) is 15.2. The normalized spacial score (nSPS) is 17.8. The summed E-state index contributed by atoms with van der Waals surface area (Å²) >= 11 is 0. The van der Waals surface area contributed by atoms with E-state index < -0.39 is 0 Å². The summed E-state index contributed by atoms with van der Waals surface area (Å²) in [5.41, 5.74) is 5.08. The van der Waals surface area contributed by atoms with Gasteiger partial charge in [-0.15, -0.1) is 0 Å². The lowest BCUT2D eigenvalue weighted by molar-refractivity contribution is 0.549. The Morgan fingerprint density at radius 3 is 2.79 bits per heavy atom. The van der Waals surface area contributed by atoms with Crippen LogP contribution in [0.4, 0.5) is 5.69 Å². The second-order valence-electron chi connectivity index (χ2n) is 6.57. The van der Waals surface area contributed by atoms with Gasteiger partial charge in [0.25, 0.3) is 0 Å². The number of aryl methyl sites for hydroxylation is 1. The SMILES string of the molecule is CCn1nc(CN2CC(C)NCc3ccccc32)c2ccccc21. The van der Waals surface area contributed by atoms with Crippen molar-refractivity contribution in [1.29, 1.82) is 0 Å². The van der Waals surface area contributed by atoms with Gasteiger partial charge in [-0.25, -0.2) is 0 Å². The van der Waals surface area contributed by atoms with Crippen molar-refractivity contribution in [2.45, 2.75) is 39.5 Å². The monoisotopic (exact) mass is 320 g/mol. The fourth-order valence-electron chi connectivity index (χ4n) is 3.63. The molecule has 1 aromatic heterocycles. The highest BCUT2D eigenvalue weighted by Gasteiger charge is 2.21. The van der Waals surface area contributed by atoms with E-state index in [1.54, 1.807) is 0 Å². The third-order valence-electron chi connectivity index (χ3n) is 4.84. The number of fused-ring (bicyclic) bond motifs is 2. The molecule has 124 valence electrons. The van der Waals surface area contributed by atoms with Gasteiger partial charge in [-0.3, -0.25) is 4.68 Å². The molecule has 4 nitrogen and oxygen atoms in total. The molecule has 2 heterocycles. The van der Waals surface area contributed by atoms with Crippen LogP contribution in [0.15, 0.2) is 48.5 Å². The average molecular weight is 320 g/mol. The fraction of sp³-hybridized carbons (Fsp3) is 0.350. The maximum absolute atomic E-state index is 4.89. The molecule has 0 fully saturated rings. The van der Waals surface area contributed by atoms with Crippen LogP contribution in [-0.2, 0) is 19.6 Å². The van der Waals surface area contributed by atoms with Crippen LogP contribution < -0.4 is 10.2 Å². The summed E-state index contributed by atoms with van der Waals surface area (Å²) < 4.78 is 2.11. The number of benzene rings is 2. The minimum atomic E-state index is 0.455. The molecule has 2 aromatic carbocycles.